The van der Waals surface area contributed by atoms with E-state index in [1.54, 1.807) is 0 Å². The van der Waals surface area contributed by atoms with Gasteiger partial charge in [0.25, 0.3) is 20.2 Å². The van der Waals surface area contributed by atoms with Crippen molar-refractivity contribution in [1.29, 1.82) is 0 Å². The first-order valence-electron chi connectivity index (χ1n) is 4.92. The molecule has 1 aliphatic carbocycles. The van der Waals surface area contributed by atoms with Crippen molar-refractivity contribution >= 4 is 20.2 Å². The van der Waals surface area contributed by atoms with Crippen molar-refractivity contribution in [1.82, 2.24) is 0 Å². The second kappa shape index (κ2) is 4.99. The Morgan fingerprint density at radius 2 is 1.25 bits per heavy atom. The molecule has 16 heavy (non-hydrogen) atoms. The lowest BCUT2D eigenvalue weighted by Gasteiger charge is -2.27. The fourth-order valence-electron chi connectivity index (χ4n) is 1.77. The van der Waals surface area contributed by atoms with Crippen LogP contribution < -0.4 is 0 Å². The minimum absolute atomic E-state index is 0.292. The molecule has 1 aliphatic rings. The molecule has 0 saturated heterocycles. The Balaban J connectivity index is 2.54. The molecule has 1 rings (SSSR count). The van der Waals surface area contributed by atoms with E-state index in [1.165, 1.54) is 0 Å². The quantitative estimate of drug-likeness (QED) is 0.682. The monoisotopic (exact) mass is 272 g/mol. The Kier molecular flexibility index (Phi) is 4.33. The van der Waals surface area contributed by atoms with Crippen LogP contribution in [0.25, 0.3) is 0 Å². The van der Waals surface area contributed by atoms with Crippen LogP contribution in [0.5, 0.6) is 0 Å². The standard InChI is InChI=1S/C8H16O6S2/c1-15(9,10)13-7-4-3-5-8(6-7)14-16(2,11)12/h7-8H,3-6H2,1-2H3/t7-,8-/m0/s1. The third-order valence-corrected chi connectivity index (χ3v) is 3.44. The van der Waals surface area contributed by atoms with Gasteiger partial charge in [0.2, 0.25) is 0 Å². The van der Waals surface area contributed by atoms with Crippen molar-refractivity contribution in [3.8, 4) is 0 Å². The Morgan fingerprint density at radius 1 is 0.875 bits per heavy atom. The maximum atomic E-state index is 10.9. The molecule has 0 aromatic heterocycles. The molecule has 2 atom stereocenters. The maximum Gasteiger partial charge on any atom is 0.264 e. The molecule has 0 unspecified atom stereocenters. The summed E-state index contributed by atoms with van der Waals surface area (Å²) in [5.41, 5.74) is 0. The summed E-state index contributed by atoms with van der Waals surface area (Å²) in [5.74, 6) is 0. The van der Waals surface area contributed by atoms with Gasteiger partial charge in [0.05, 0.1) is 24.7 Å². The molecule has 0 amide bonds. The molecule has 6 nitrogen and oxygen atoms in total. The third-order valence-electron chi connectivity index (χ3n) is 2.20. The lowest BCUT2D eigenvalue weighted by Crippen LogP contribution is -2.31. The van der Waals surface area contributed by atoms with E-state index in [9.17, 15) is 16.8 Å². The zero-order valence-electron chi connectivity index (χ0n) is 9.25. The van der Waals surface area contributed by atoms with Crippen LogP contribution in [0.2, 0.25) is 0 Å². The third kappa shape index (κ3) is 5.78. The van der Waals surface area contributed by atoms with E-state index in [2.05, 4.69) is 0 Å². The van der Waals surface area contributed by atoms with Crippen LogP contribution in [0.3, 0.4) is 0 Å². The average Bonchev–Trinajstić information content (AvgIpc) is 1.96. The van der Waals surface area contributed by atoms with Crippen molar-refractivity contribution in [3.05, 3.63) is 0 Å². The summed E-state index contributed by atoms with van der Waals surface area (Å²) >= 11 is 0. The van der Waals surface area contributed by atoms with Crippen molar-refractivity contribution in [2.45, 2.75) is 37.9 Å². The van der Waals surface area contributed by atoms with E-state index in [0.717, 1.165) is 12.5 Å². The van der Waals surface area contributed by atoms with E-state index < -0.39 is 32.4 Å². The summed E-state index contributed by atoms with van der Waals surface area (Å²) in [4.78, 5) is 0. The average molecular weight is 272 g/mol. The molecule has 96 valence electrons. The molecule has 0 spiro atoms. The fourth-order valence-corrected chi connectivity index (χ4v) is 3.11. The van der Waals surface area contributed by atoms with Gasteiger partial charge in [-0.3, -0.25) is 8.37 Å². The van der Waals surface area contributed by atoms with Crippen molar-refractivity contribution in [2.75, 3.05) is 12.5 Å². The second-order valence-electron chi connectivity index (χ2n) is 4.01. The highest BCUT2D eigenvalue weighted by molar-refractivity contribution is 7.86. The number of hydrogen-bond donors (Lipinski definition) is 0. The molecule has 1 fully saturated rings. The van der Waals surface area contributed by atoms with Gasteiger partial charge in [-0.15, -0.1) is 0 Å². The first-order valence-corrected chi connectivity index (χ1v) is 8.55. The lowest BCUT2D eigenvalue weighted by molar-refractivity contribution is 0.0772. The molecular weight excluding hydrogens is 256 g/mol. The summed E-state index contributed by atoms with van der Waals surface area (Å²) < 4.78 is 53.3. The second-order valence-corrected chi connectivity index (χ2v) is 7.21. The maximum absolute atomic E-state index is 10.9. The normalized spacial score (nSPS) is 27.9. The van der Waals surface area contributed by atoms with E-state index >= 15 is 0 Å². The van der Waals surface area contributed by atoms with Crippen LogP contribution in [0, 0.1) is 0 Å². The largest absolute Gasteiger partial charge is 0.267 e. The van der Waals surface area contributed by atoms with Crippen molar-refractivity contribution in [2.24, 2.45) is 0 Å². The summed E-state index contributed by atoms with van der Waals surface area (Å²) in [6, 6.07) is 0. The Labute approximate surface area is 96.2 Å². The van der Waals surface area contributed by atoms with Gasteiger partial charge in [-0.1, -0.05) is 0 Å². The summed E-state index contributed by atoms with van der Waals surface area (Å²) in [6.07, 6.45) is 3.21. The molecule has 0 N–H and O–H groups in total. The van der Waals surface area contributed by atoms with Crippen LogP contribution in [0.4, 0.5) is 0 Å². The molecule has 8 heteroatoms. The van der Waals surface area contributed by atoms with E-state index in [-0.39, 0.29) is 0 Å². The van der Waals surface area contributed by atoms with Gasteiger partial charge in [0.15, 0.2) is 0 Å². The number of rotatable bonds is 4. The minimum atomic E-state index is -3.50. The summed E-state index contributed by atoms with van der Waals surface area (Å²) in [6.45, 7) is 0. The van der Waals surface area contributed by atoms with Gasteiger partial charge in [0, 0.05) is 6.42 Å². The van der Waals surface area contributed by atoms with Crippen LogP contribution in [0.15, 0.2) is 0 Å². The Hall–Kier alpha value is -0.180. The first kappa shape index (κ1) is 13.9. The Bertz CT molecular complexity index is 383. The highest BCUT2D eigenvalue weighted by Gasteiger charge is 2.28. The van der Waals surface area contributed by atoms with Gasteiger partial charge in [-0.05, 0) is 19.3 Å². The van der Waals surface area contributed by atoms with Crippen LogP contribution in [-0.2, 0) is 28.6 Å². The highest BCUT2D eigenvalue weighted by Crippen LogP contribution is 2.25. The van der Waals surface area contributed by atoms with Crippen LogP contribution >= 0.6 is 0 Å². The molecule has 0 aromatic carbocycles. The molecular formula is C8H16O6S2. The highest BCUT2D eigenvalue weighted by atomic mass is 32.2. The Morgan fingerprint density at radius 3 is 1.56 bits per heavy atom. The van der Waals surface area contributed by atoms with Gasteiger partial charge < -0.3 is 0 Å². The molecule has 0 aliphatic heterocycles. The molecule has 1 saturated carbocycles. The predicted molar refractivity (Wildman–Crippen MR) is 57.9 cm³/mol. The number of hydrogen-bond acceptors (Lipinski definition) is 6. The SMILES string of the molecule is CS(=O)(=O)O[C@H]1CCC[C@H](OS(C)(=O)=O)C1. The summed E-state index contributed by atoms with van der Waals surface area (Å²) in [5, 5.41) is 0. The van der Waals surface area contributed by atoms with Gasteiger partial charge in [0.1, 0.15) is 0 Å². The molecule has 0 aromatic rings. The van der Waals surface area contributed by atoms with E-state index in [1.807, 2.05) is 0 Å². The first-order chi connectivity index (χ1) is 7.16. The summed E-state index contributed by atoms with van der Waals surface area (Å²) in [7, 11) is -6.99. The lowest BCUT2D eigenvalue weighted by atomic mass is 9.95. The van der Waals surface area contributed by atoms with Gasteiger partial charge in [-0.25, -0.2) is 0 Å². The van der Waals surface area contributed by atoms with Gasteiger partial charge in [-0.2, -0.15) is 16.8 Å². The predicted octanol–water partition coefficient (Wildman–Crippen LogP) is 0.250. The van der Waals surface area contributed by atoms with E-state index in [4.69, 9.17) is 8.37 Å². The zero-order valence-corrected chi connectivity index (χ0v) is 10.9. The van der Waals surface area contributed by atoms with Gasteiger partial charge >= 0.3 is 0 Å². The smallest absolute Gasteiger partial charge is 0.264 e. The zero-order chi connectivity index (χ0) is 12.4. The topological polar surface area (TPSA) is 86.7 Å². The van der Waals surface area contributed by atoms with Crippen LogP contribution in [-0.4, -0.2) is 41.6 Å². The minimum Gasteiger partial charge on any atom is -0.267 e. The van der Waals surface area contributed by atoms with Crippen LogP contribution in [0.1, 0.15) is 25.7 Å². The molecule has 0 radical (unpaired) electrons. The van der Waals surface area contributed by atoms with Crippen molar-refractivity contribution < 1.29 is 25.2 Å². The van der Waals surface area contributed by atoms with E-state index in [0.29, 0.717) is 25.7 Å². The fraction of sp³-hybridized carbons (Fsp3) is 1.00. The molecule has 0 bridgehead atoms. The molecule has 0 heterocycles. The van der Waals surface area contributed by atoms with Crippen molar-refractivity contribution in [3.63, 3.8) is 0 Å².